The van der Waals surface area contributed by atoms with Crippen LogP contribution in [0.5, 0.6) is 0 Å². The third-order valence-electron chi connectivity index (χ3n) is 4.54. The molecule has 0 N–H and O–H groups in total. The minimum atomic E-state index is 0.841. The highest BCUT2D eigenvalue weighted by molar-refractivity contribution is 7.16. The van der Waals surface area contributed by atoms with Crippen LogP contribution < -0.4 is 0 Å². The Kier molecular flexibility index (Phi) is 3.45. The second kappa shape index (κ2) is 5.79. The Hall–Kier alpha value is -2.05. The molecule has 0 unspecified atom stereocenters. The van der Waals surface area contributed by atoms with Crippen molar-refractivity contribution in [2.24, 2.45) is 0 Å². The van der Waals surface area contributed by atoms with Gasteiger partial charge in [0.15, 0.2) is 5.82 Å². The molecule has 0 spiro atoms. The molecular weight excluding hydrogens is 336 g/mol. The lowest BCUT2D eigenvalue weighted by molar-refractivity contribution is 0.684. The Balaban J connectivity index is 1.47. The zero-order valence-corrected chi connectivity index (χ0v) is 14.7. The maximum Gasteiger partial charge on any atom is 0.235 e. The fourth-order valence-corrected chi connectivity index (χ4v) is 4.92. The molecule has 0 amide bonds. The van der Waals surface area contributed by atoms with Gasteiger partial charge in [-0.3, -0.25) is 0 Å². The smallest absolute Gasteiger partial charge is 0.182 e. The number of hydrogen-bond acceptors (Lipinski definition) is 5. The number of hydrogen-bond donors (Lipinski definition) is 0. The van der Waals surface area contributed by atoms with Crippen molar-refractivity contribution >= 4 is 27.6 Å². The van der Waals surface area contributed by atoms with Gasteiger partial charge in [0, 0.05) is 6.42 Å². The van der Waals surface area contributed by atoms with Gasteiger partial charge in [0.2, 0.25) is 4.96 Å². The SMILES string of the molecule is c1csc(-c2nnc3sc(Cc4ccc5c(c4)CCCC5)nn23)c1. The summed E-state index contributed by atoms with van der Waals surface area (Å²) < 4.78 is 1.88. The summed E-state index contributed by atoms with van der Waals surface area (Å²) in [4.78, 5) is 1.97. The van der Waals surface area contributed by atoms with Gasteiger partial charge in [-0.1, -0.05) is 35.6 Å². The molecular formula is C18H16N4S2. The number of aromatic nitrogens is 4. The Morgan fingerprint density at radius 3 is 2.83 bits per heavy atom. The first-order chi connectivity index (χ1) is 11.9. The largest absolute Gasteiger partial charge is 0.235 e. The van der Waals surface area contributed by atoms with Crippen LogP contribution in [0.2, 0.25) is 0 Å². The average molecular weight is 352 g/mol. The molecule has 4 nitrogen and oxygen atoms in total. The molecule has 1 aliphatic carbocycles. The summed E-state index contributed by atoms with van der Waals surface area (Å²) in [6.45, 7) is 0. The van der Waals surface area contributed by atoms with Gasteiger partial charge in [-0.2, -0.15) is 9.61 Å². The van der Waals surface area contributed by atoms with Crippen LogP contribution in [0.4, 0.5) is 0 Å². The molecule has 120 valence electrons. The molecule has 3 heterocycles. The Bertz CT molecular complexity index is 998. The number of fused-ring (bicyclic) bond motifs is 2. The van der Waals surface area contributed by atoms with E-state index >= 15 is 0 Å². The molecule has 24 heavy (non-hydrogen) atoms. The van der Waals surface area contributed by atoms with Crippen LogP contribution in [0, 0.1) is 0 Å². The van der Waals surface area contributed by atoms with Crippen LogP contribution in [0.25, 0.3) is 15.7 Å². The summed E-state index contributed by atoms with van der Waals surface area (Å²) >= 11 is 3.30. The highest BCUT2D eigenvalue weighted by Crippen LogP contribution is 2.27. The lowest BCUT2D eigenvalue weighted by Crippen LogP contribution is -2.03. The maximum atomic E-state index is 4.75. The topological polar surface area (TPSA) is 43.1 Å². The van der Waals surface area contributed by atoms with Crippen LogP contribution in [-0.4, -0.2) is 19.8 Å². The molecule has 0 radical (unpaired) electrons. The van der Waals surface area contributed by atoms with E-state index in [2.05, 4.69) is 39.8 Å². The monoisotopic (exact) mass is 352 g/mol. The first kappa shape index (κ1) is 14.3. The molecule has 1 aromatic carbocycles. The molecule has 0 bridgehead atoms. The van der Waals surface area contributed by atoms with Gasteiger partial charge in [-0.15, -0.1) is 21.5 Å². The van der Waals surface area contributed by atoms with Crippen molar-refractivity contribution in [1.82, 2.24) is 19.8 Å². The summed E-state index contributed by atoms with van der Waals surface area (Å²) in [6, 6.07) is 11.0. The predicted molar refractivity (Wildman–Crippen MR) is 97.9 cm³/mol. The molecule has 1 aliphatic rings. The lowest BCUT2D eigenvalue weighted by atomic mass is 9.90. The van der Waals surface area contributed by atoms with E-state index in [-0.39, 0.29) is 0 Å². The minimum Gasteiger partial charge on any atom is -0.182 e. The van der Waals surface area contributed by atoms with E-state index in [4.69, 9.17) is 5.10 Å². The van der Waals surface area contributed by atoms with Gasteiger partial charge in [-0.05, 0) is 53.8 Å². The van der Waals surface area contributed by atoms with Crippen LogP contribution in [-0.2, 0) is 19.3 Å². The van der Waals surface area contributed by atoms with Crippen LogP contribution in [0.1, 0.15) is 34.5 Å². The fraction of sp³-hybridized carbons (Fsp3) is 0.278. The van der Waals surface area contributed by atoms with Crippen LogP contribution in [0.3, 0.4) is 0 Å². The van der Waals surface area contributed by atoms with E-state index in [9.17, 15) is 0 Å². The minimum absolute atomic E-state index is 0.841. The first-order valence-corrected chi connectivity index (χ1v) is 9.92. The predicted octanol–water partition coefficient (Wildman–Crippen LogP) is 4.38. The van der Waals surface area contributed by atoms with Gasteiger partial charge < -0.3 is 0 Å². The van der Waals surface area contributed by atoms with Crippen molar-refractivity contribution in [2.45, 2.75) is 32.1 Å². The van der Waals surface area contributed by atoms with Crippen molar-refractivity contribution in [2.75, 3.05) is 0 Å². The third-order valence-corrected chi connectivity index (χ3v) is 6.31. The van der Waals surface area contributed by atoms with Crippen molar-refractivity contribution in [3.8, 4) is 10.7 Å². The fourth-order valence-electron chi connectivity index (χ4n) is 3.36. The highest BCUT2D eigenvalue weighted by atomic mass is 32.1. The normalized spacial score (nSPS) is 14.2. The van der Waals surface area contributed by atoms with Crippen molar-refractivity contribution < 1.29 is 0 Å². The second-order valence-corrected chi connectivity index (χ2v) is 8.17. The summed E-state index contributed by atoms with van der Waals surface area (Å²) in [7, 11) is 0. The second-order valence-electron chi connectivity index (χ2n) is 6.18. The summed E-state index contributed by atoms with van der Waals surface area (Å²) in [5.41, 5.74) is 4.41. The molecule has 0 aliphatic heterocycles. The van der Waals surface area contributed by atoms with Gasteiger partial charge in [0.05, 0.1) is 4.88 Å². The van der Waals surface area contributed by atoms with Crippen molar-refractivity contribution in [1.29, 1.82) is 0 Å². The molecule has 5 rings (SSSR count). The number of rotatable bonds is 3. The van der Waals surface area contributed by atoms with Crippen molar-refractivity contribution in [3.63, 3.8) is 0 Å². The summed E-state index contributed by atoms with van der Waals surface area (Å²) in [5, 5.41) is 16.5. The zero-order chi connectivity index (χ0) is 15.9. The highest BCUT2D eigenvalue weighted by Gasteiger charge is 2.15. The van der Waals surface area contributed by atoms with E-state index < -0.39 is 0 Å². The zero-order valence-electron chi connectivity index (χ0n) is 13.1. The van der Waals surface area contributed by atoms with E-state index in [1.54, 1.807) is 22.7 Å². The number of thiophene rings is 1. The van der Waals surface area contributed by atoms with Crippen LogP contribution >= 0.6 is 22.7 Å². The van der Waals surface area contributed by atoms with Gasteiger partial charge in [0.25, 0.3) is 0 Å². The number of aryl methyl sites for hydroxylation is 2. The van der Waals surface area contributed by atoms with E-state index in [0.717, 1.165) is 27.1 Å². The van der Waals surface area contributed by atoms with Crippen molar-refractivity contribution in [3.05, 3.63) is 57.4 Å². The molecule has 6 heteroatoms. The molecule has 3 aromatic heterocycles. The Morgan fingerprint density at radius 2 is 1.96 bits per heavy atom. The van der Waals surface area contributed by atoms with Gasteiger partial charge in [-0.25, -0.2) is 0 Å². The number of benzene rings is 1. The first-order valence-electron chi connectivity index (χ1n) is 8.22. The molecule has 0 fully saturated rings. The van der Waals surface area contributed by atoms with Gasteiger partial charge in [0.1, 0.15) is 5.01 Å². The standard InChI is InChI=1S/C18H16N4S2/c1-2-5-14-10-12(7-8-13(14)4-1)11-16-21-22-17(15-6-3-9-23-15)19-20-18(22)24-16/h3,6-10H,1-2,4-5,11H2. The Morgan fingerprint density at radius 1 is 1.04 bits per heavy atom. The maximum absolute atomic E-state index is 4.75. The molecule has 0 atom stereocenters. The van der Waals surface area contributed by atoms with E-state index in [1.165, 1.54) is 42.4 Å². The van der Waals surface area contributed by atoms with E-state index in [0.29, 0.717) is 0 Å². The molecule has 0 saturated heterocycles. The average Bonchev–Trinajstić information content (AvgIpc) is 3.31. The third kappa shape index (κ3) is 2.46. The molecule has 0 saturated carbocycles. The van der Waals surface area contributed by atoms with Crippen LogP contribution in [0.15, 0.2) is 35.7 Å². The summed E-state index contributed by atoms with van der Waals surface area (Å²) in [6.07, 6.45) is 5.96. The quantitative estimate of drug-likeness (QED) is 0.549. The lowest BCUT2D eigenvalue weighted by Gasteiger charge is -2.16. The number of nitrogens with zero attached hydrogens (tertiary/aromatic N) is 4. The summed E-state index contributed by atoms with van der Waals surface area (Å²) in [5.74, 6) is 0.841. The Labute approximate surface area is 147 Å². The van der Waals surface area contributed by atoms with Gasteiger partial charge >= 0.3 is 0 Å². The molecule has 4 aromatic rings. The van der Waals surface area contributed by atoms with E-state index in [1.807, 2.05) is 10.6 Å².